The molecular formula is C12H13NO. The molecular weight excluding hydrogens is 174 g/mol. The van der Waals surface area contributed by atoms with E-state index in [-0.39, 0.29) is 0 Å². The molecule has 0 heterocycles. The summed E-state index contributed by atoms with van der Waals surface area (Å²) in [7, 11) is 1.93. The molecule has 0 radical (unpaired) electrons. The maximum Gasteiger partial charge on any atom is 0.116 e. The van der Waals surface area contributed by atoms with Gasteiger partial charge in [0.1, 0.15) is 5.75 Å². The molecule has 0 saturated carbocycles. The van der Waals surface area contributed by atoms with Gasteiger partial charge in [-0.25, -0.2) is 0 Å². The van der Waals surface area contributed by atoms with Gasteiger partial charge in [0.05, 0.1) is 0 Å². The van der Waals surface area contributed by atoms with Gasteiger partial charge in [0, 0.05) is 6.54 Å². The molecule has 2 nitrogen and oxygen atoms in total. The van der Waals surface area contributed by atoms with Gasteiger partial charge in [-0.3, -0.25) is 0 Å². The summed E-state index contributed by atoms with van der Waals surface area (Å²) in [5.74, 6) is 0.319. The van der Waals surface area contributed by atoms with Crippen molar-refractivity contribution in [1.29, 1.82) is 0 Å². The highest BCUT2D eigenvalue weighted by Crippen LogP contribution is 2.22. The number of benzene rings is 2. The van der Waals surface area contributed by atoms with Gasteiger partial charge in [0.15, 0.2) is 0 Å². The zero-order valence-corrected chi connectivity index (χ0v) is 8.12. The second-order valence-electron chi connectivity index (χ2n) is 3.35. The lowest BCUT2D eigenvalue weighted by Crippen LogP contribution is -2.05. The van der Waals surface area contributed by atoms with Crippen molar-refractivity contribution in [2.24, 2.45) is 0 Å². The molecule has 2 rings (SSSR count). The molecule has 0 saturated heterocycles. The van der Waals surface area contributed by atoms with E-state index >= 15 is 0 Å². The average molecular weight is 187 g/mol. The molecule has 0 aliphatic rings. The Morgan fingerprint density at radius 1 is 1.21 bits per heavy atom. The third kappa shape index (κ3) is 1.56. The van der Waals surface area contributed by atoms with Crippen LogP contribution in [0.5, 0.6) is 5.75 Å². The van der Waals surface area contributed by atoms with E-state index in [1.807, 2.05) is 25.2 Å². The molecule has 0 bridgehead atoms. The van der Waals surface area contributed by atoms with Gasteiger partial charge in [-0.1, -0.05) is 24.3 Å². The number of hydrogen-bond donors (Lipinski definition) is 2. The molecule has 72 valence electrons. The molecule has 0 aliphatic heterocycles. The van der Waals surface area contributed by atoms with Crippen LogP contribution >= 0.6 is 0 Å². The van der Waals surface area contributed by atoms with E-state index in [4.69, 9.17) is 0 Å². The highest BCUT2D eigenvalue weighted by atomic mass is 16.3. The first kappa shape index (κ1) is 9.03. The fourth-order valence-electron chi connectivity index (χ4n) is 1.68. The molecule has 0 amide bonds. The number of hydrogen-bond acceptors (Lipinski definition) is 2. The van der Waals surface area contributed by atoms with Crippen LogP contribution in [0.2, 0.25) is 0 Å². The van der Waals surface area contributed by atoms with Crippen LogP contribution in [0.25, 0.3) is 10.8 Å². The first-order chi connectivity index (χ1) is 6.81. The van der Waals surface area contributed by atoms with Crippen molar-refractivity contribution in [2.45, 2.75) is 6.54 Å². The van der Waals surface area contributed by atoms with Gasteiger partial charge < -0.3 is 10.4 Å². The van der Waals surface area contributed by atoms with Gasteiger partial charge in [-0.05, 0) is 35.5 Å². The minimum Gasteiger partial charge on any atom is -0.508 e. The predicted octanol–water partition coefficient (Wildman–Crippen LogP) is 2.26. The highest BCUT2D eigenvalue weighted by Gasteiger charge is 1.99. The number of rotatable bonds is 2. The zero-order valence-electron chi connectivity index (χ0n) is 8.12. The van der Waals surface area contributed by atoms with E-state index in [9.17, 15) is 5.11 Å². The monoisotopic (exact) mass is 187 g/mol. The quantitative estimate of drug-likeness (QED) is 0.755. The van der Waals surface area contributed by atoms with Gasteiger partial charge in [-0.15, -0.1) is 0 Å². The van der Waals surface area contributed by atoms with Crippen molar-refractivity contribution in [3.8, 4) is 5.75 Å². The topological polar surface area (TPSA) is 32.3 Å². The molecule has 0 atom stereocenters. The van der Waals surface area contributed by atoms with Crippen LogP contribution in [0.1, 0.15) is 5.56 Å². The Labute approximate surface area is 83.2 Å². The molecule has 0 aliphatic carbocycles. The molecule has 0 spiro atoms. The molecule has 14 heavy (non-hydrogen) atoms. The van der Waals surface area contributed by atoms with Crippen LogP contribution in [0.4, 0.5) is 0 Å². The highest BCUT2D eigenvalue weighted by molar-refractivity contribution is 5.86. The van der Waals surface area contributed by atoms with Crippen LogP contribution in [0.3, 0.4) is 0 Å². The Balaban J connectivity index is 2.62. The molecule has 0 unspecified atom stereocenters. The second kappa shape index (κ2) is 3.68. The van der Waals surface area contributed by atoms with Crippen LogP contribution in [-0.4, -0.2) is 12.2 Å². The Hall–Kier alpha value is -1.54. The largest absolute Gasteiger partial charge is 0.508 e. The Kier molecular flexibility index (Phi) is 2.37. The first-order valence-corrected chi connectivity index (χ1v) is 4.66. The van der Waals surface area contributed by atoms with Crippen LogP contribution in [-0.2, 0) is 6.54 Å². The summed E-state index contributed by atoms with van der Waals surface area (Å²) >= 11 is 0. The summed E-state index contributed by atoms with van der Waals surface area (Å²) in [6, 6.07) is 11.6. The maximum atomic E-state index is 9.34. The summed E-state index contributed by atoms with van der Waals surface area (Å²) < 4.78 is 0. The minimum atomic E-state index is 0.319. The van der Waals surface area contributed by atoms with E-state index in [2.05, 4.69) is 11.4 Å². The summed E-state index contributed by atoms with van der Waals surface area (Å²) in [6.45, 7) is 0.849. The summed E-state index contributed by atoms with van der Waals surface area (Å²) in [4.78, 5) is 0. The molecule has 2 N–H and O–H groups in total. The van der Waals surface area contributed by atoms with Gasteiger partial charge in [-0.2, -0.15) is 0 Å². The second-order valence-corrected chi connectivity index (χ2v) is 3.35. The Morgan fingerprint density at radius 2 is 2.07 bits per heavy atom. The summed E-state index contributed by atoms with van der Waals surface area (Å²) in [6.07, 6.45) is 0. The molecule has 0 fully saturated rings. The standard InChI is InChI=1S/C12H13NO/c1-13-8-10-4-2-3-9-7-11(14)5-6-12(9)10/h2-7,13-14H,8H2,1H3. The van der Waals surface area contributed by atoms with E-state index < -0.39 is 0 Å². The van der Waals surface area contributed by atoms with Crippen molar-refractivity contribution in [3.05, 3.63) is 42.0 Å². The zero-order chi connectivity index (χ0) is 9.97. The number of fused-ring (bicyclic) bond motifs is 1. The van der Waals surface area contributed by atoms with Gasteiger partial charge in [0.25, 0.3) is 0 Å². The van der Waals surface area contributed by atoms with Crippen molar-refractivity contribution >= 4 is 10.8 Å². The van der Waals surface area contributed by atoms with E-state index in [1.54, 1.807) is 12.1 Å². The van der Waals surface area contributed by atoms with Gasteiger partial charge in [0.2, 0.25) is 0 Å². The number of phenolic OH excluding ortho intramolecular Hbond substituents is 1. The molecule has 2 aromatic rings. The van der Waals surface area contributed by atoms with Crippen LogP contribution in [0.15, 0.2) is 36.4 Å². The minimum absolute atomic E-state index is 0.319. The normalized spacial score (nSPS) is 10.6. The fraction of sp³-hybridized carbons (Fsp3) is 0.167. The Morgan fingerprint density at radius 3 is 2.86 bits per heavy atom. The summed E-state index contributed by atoms with van der Waals surface area (Å²) in [5.41, 5.74) is 1.25. The van der Waals surface area contributed by atoms with Crippen molar-refractivity contribution in [2.75, 3.05) is 7.05 Å². The van der Waals surface area contributed by atoms with E-state index in [0.29, 0.717) is 5.75 Å². The number of aromatic hydroxyl groups is 1. The fourth-order valence-corrected chi connectivity index (χ4v) is 1.68. The number of phenols is 1. The van der Waals surface area contributed by atoms with Gasteiger partial charge >= 0.3 is 0 Å². The van der Waals surface area contributed by atoms with Crippen LogP contribution in [0, 0.1) is 0 Å². The number of nitrogens with one attached hydrogen (secondary N) is 1. The Bertz CT molecular complexity index is 451. The molecule has 2 heteroatoms. The van der Waals surface area contributed by atoms with Crippen molar-refractivity contribution in [1.82, 2.24) is 5.32 Å². The average Bonchev–Trinajstić information content (AvgIpc) is 2.18. The smallest absolute Gasteiger partial charge is 0.116 e. The molecule has 2 aromatic carbocycles. The first-order valence-electron chi connectivity index (χ1n) is 4.66. The van der Waals surface area contributed by atoms with Crippen molar-refractivity contribution in [3.63, 3.8) is 0 Å². The predicted molar refractivity (Wildman–Crippen MR) is 58.4 cm³/mol. The van der Waals surface area contributed by atoms with E-state index in [0.717, 1.165) is 11.9 Å². The molecule has 0 aromatic heterocycles. The SMILES string of the molecule is CNCc1cccc2cc(O)ccc12. The third-order valence-electron chi connectivity index (χ3n) is 2.32. The van der Waals surface area contributed by atoms with Crippen molar-refractivity contribution < 1.29 is 5.11 Å². The maximum absolute atomic E-state index is 9.34. The van der Waals surface area contributed by atoms with Crippen LogP contribution < -0.4 is 5.32 Å². The third-order valence-corrected chi connectivity index (χ3v) is 2.32. The van der Waals surface area contributed by atoms with E-state index in [1.165, 1.54) is 10.9 Å². The lowest BCUT2D eigenvalue weighted by atomic mass is 10.0. The summed E-state index contributed by atoms with van der Waals surface area (Å²) in [5, 5.41) is 14.7. The lowest BCUT2D eigenvalue weighted by molar-refractivity contribution is 0.476. The lowest BCUT2D eigenvalue weighted by Gasteiger charge is -2.05.